The van der Waals surface area contributed by atoms with E-state index in [2.05, 4.69) is 4.98 Å². The monoisotopic (exact) mass is 261 g/mol. The summed E-state index contributed by atoms with van der Waals surface area (Å²) >= 11 is 0. The molecule has 0 aliphatic heterocycles. The van der Waals surface area contributed by atoms with Gasteiger partial charge in [0.15, 0.2) is 0 Å². The molecular formula is C14H16FN3O. The van der Waals surface area contributed by atoms with Gasteiger partial charge in [-0.15, -0.1) is 0 Å². The minimum absolute atomic E-state index is 0.279. The molecule has 4 nitrogen and oxygen atoms in total. The van der Waals surface area contributed by atoms with Gasteiger partial charge in [-0.25, -0.2) is 9.18 Å². The van der Waals surface area contributed by atoms with Crippen molar-refractivity contribution in [2.24, 2.45) is 5.73 Å². The normalized spacial score (nSPS) is 12.4. The average molecular weight is 261 g/mol. The fourth-order valence-corrected chi connectivity index (χ4v) is 2.04. The Morgan fingerprint density at radius 3 is 2.74 bits per heavy atom. The topological polar surface area (TPSA) is 60.9 Å². The zero-order valence-electron chi connectivity index (χ0n) is 10.9. The lowest BCUT2D eigenvalue weighted by Gasteiger charge is -2.16. The van der Waals surface area contributed by atoms with E-state index >= 15 is 0 Å². The standard InChI is InChI=1S/C14H16FN3O/c1-9-6-10(2)18(14(19)17-9)8-13(16)11-4-3-5-12(15)7-11/h3-7,13H,8,16H2,1-2H3. The van der Waals surface area contributed by atoms with Gasteiger partial charge in [0, 0.05) is 24.0 Å². The third kappa shape index (κ3) is 3.06. The van der Waals surface area contributed by atoms with Crippen molar-refractivity contribution in [2.45, 2.75) is 26.4 Å². The van der Waals surface area contributed by atoms with Crippen LogP contribution < -0.4 is 11.4 Å². The molecule has 100 valence electrons. The van der Waals surface area contributed by atoms with Crippen molar-refractivity contribution in [3.63, 3.8) is 0 Å². The van der Waals surface area contributed by atoms with E-state index in [1.807, 2.05) is 13.0 Å². The zero-order chi connectivity index (χ0) is 14.0. The third-order valence-corrected chi connectivity index (χ3v) is 3.00. The minimum Gasteiger partial charge on any atom is -0.322 e. The maximum Gasteiger partial charge on any atom is 0.348 e. The van der Waals surface area contributed by atoms with Gasteiger partial charge in [-0.1, -0.05) is 12.1 Å². The molecule has 1 aromatic carbocycles. The van der Waals surface area contributed by atoms with Crippen molar-refractivity contribution in [2.75, 3.05) is 0 Å². The summed E-state index contributed by atoms with van der Waals surface area (Å²) < 4.78 is 14.6. The van der Waals surface area contributed by atoms with Crippen molar-refractivity contribution in [3.05, 3.63) is 63.6 Å². The van der Waals surface area contributed by atoms with Crippen LogP contribution in [-0.4, -0.2) is 9.55 Å². The van der Waals surface area contributed by atoms with Crippen LogP contribution in [0.25, 0.3) is 0 Å². The maximum atomic E-state index is 13.1. The third-order valence-electron chi connectivity index (χ3n) is 3.00. The Hall–Kier alpha value is -2.01. The summed E-state index contributed by atoms with van der Waals surface area (Å²) in [6.07, 6.45) is 0. The molecule has 0 fully saturated rings. The Morgan fingerprint density at radius 1 is 1.37 bits per heavy atom. The van der Waals surface area contributed by atoms with Crippen LogP contribution in [0.15, 0.2) is 35.1 Å². The van der Waals surface area contributed by atoms with Gasteiger partial charge in [0.05, 0.1) is 0 Å². The predicted octanol–water partition coefficient (Wildman–Crippen LogP) is 1.70. The minimum atomic E-state index is -0.448. The summed E-state index contributed by atoms with van der Waals surface area (Å²) in [6.45, 7) is 3.88. The lowest BCUT2D eigenvalue weighted by molar-refractivity contribution is 0.534. The first kappa shape index (κ1) is 13.4. The molecule has 0 saturated carbocycles. The molecule has 0 bridgehead atoms. The number of halogens is 1. The van der Waals surface area contributed by atoms with Crippen molar-refractivity contribution in [3.8, 4) is 0 Å². The van der Waals surface area contributed by atoms with Crippen LogP contribution in [0.5, 0.6) is 0 Å². The Morgan fingerprint density at radius 2 is 2.11 bits per heavy atom. The molecule has 0 saturated heterocycles. The molecule has 0 aliphatic carbocycles. The van der Waals surface area contributed by atoms with E-state index in [1.165, 1.54) is 16.7 Å². The Labute approximate surface area is 110 Å². The Kier molecular flexibility index (Phi) is 3.76. The van der Waals surface area contributed by atoms with E-state index < -0.39 is 6.04 Å². The van der Waals surface area contributed by atoms with Crippen LogP contribution in [0.2, 0.25) is 0 Å². The fourth-order valence-electron chi connectivity index (χ4n) is 2.04. The summed E-state index contributed by atoms with van der Waals surface area (Å²) in [4.78, 5) is 15.7. The summed E-state index contributed by atoms with van der Waals surface area (Å²) in [5.41, 5.74) is 7.82. The lowest BCUT2D eigenvalue weighted by Crippen LogP contribution is -2.30. The van der Waals surface area contributed by atoms with Crippen LogP contribution >= 0.6 is 0 Å². The van der Waals surface area contributed by atoms with Crippen LogP contribution in [-0.2, 0) is 6.54 Å². The molecule has 0 spiro atoms. The first-order valence-corrected chi connectivity index (χ1v) is 6.03. The second-order valence-corrected chi connectivity index (χ2v) is 4.59. The van der Waals surface area contributed by atoms with Gasteiger partial charge in [0.2, 0.25) is 0 Å². The Bertz CT molecular complexity index is 651. The smallest absolute Gasteiger partial charge is 0.322 e. The first-order chi connectivity index (χ1) is 8.97. The van der Waals surface area contributed by atoms with Crippen LogP contribution in [0.4, 0.5) is 4.39 Å². The number of benzene rings is 1. The van der Waals surface area contributed by atoms with Gasteiger partial charge >= 0.3 is 5.69 Å². The molecule has 0 amide bonds. The van der Waals surface area contributed by atoms with E-state index in [9.17, 15) is 9.18 Å². The second kappa shape index (κ2) is 5.32. The highest BCUT2D eigenvalue weighted by Gasteiger charge is 2.11. The molecule has 2 N–H and O–H groups in total. The van der Waals surface area contributed by atoms with Crippen LogP contribution in [0.3, 0.4) is 0 Å². The highest BCUT2D eigenvalue weighted by molar-refractivity contribution is 5.20. The predicted molar refractivity (Wildman–Crippen MR) is 71.3 cm³/mol. The first-order valence-electron chi connectivity index (χ1n) is 6.03. The molecule has 0 radical (unpaired) electrons. The Balaban J connectivity index is 2.29. The highest BCUT2D eigenvalue weighted by atomic mass is 19.1. The molecular weight excluding hydrogens is 245 g/mol. The van der Waals surface area contributed by atoms with Crippen molar-refractivity contribution >= 4 is 0 Å². The number of nitrogens with two attached hydrogens (primary N) is 1. The number of aryl methyl sites for hydroxylation is 2. The lowest BCUT2D eigenvalue weighted by atomic mass is 10.1. The molecule has 2 rings (SSSR count). The van der Waals surface area contributed by atoms with Crippen LogP contribution in [0.1, 0.15) is 23.0 Å². The average Bonchev–Trinajstić information content (AvgIpc) is 2.33. The summed E-state index contributed by atoms with van der Waals surface area (Å²) in [6, 6.07) is 7.47. The number of aromatic nitrogens is 2. The number of rotatable bonds is 3. The quantitative estimate of drug-likeness (QED) is 0.914. The van der Waals surface area contributed by atoms with E-state index in [0.29, 0.717) is 11.3 Å². The fraction of sp³-hybridized carbons (Fsp3) is 0.286. The summed E-state index contributed by atoms with van der Waals surface area (Å²) in [5.74, 6) is -0.334. The van der Waals surface area contributed by atoms with Gasteiger partial charge < -0.3 is 5.73 Å². The highest BCUT2D eigenvalue weighted by Crippen LogP contribution is 2.14. The van der Waals surface area contributed by atoms with Crippen molar-refractivity contribution in [1.82, 2.24) is 9.55 Å². The second-order valence-electron chi connectivity index (χ2n) is 4.59. The van der Waals surface area contributed by atoms with Gasteiger partial charge in [-0.05, 0) is 37.6 Å². The number of hydrogen-bond donors (Lipinski definition) is 1. The van der Waals surface area contributed by atoms with E-state index in [0.717, 1.165) is 5.69 Å². The molecule has 1 atom stereocenters. The largest absolute Gasteiger partial charge is 0.348 e. The summed E-state index contributed by atoms with van der Waals surface area (Å²) in [5, 5.41) is 0. The van der Waals surface area contributed by atoms with Gasteiger partial charge in [-0.2, -0.15) is 4.98 Å². The number of nitrogens with zero attached hydrogens (tertiary/aromatic N) is 2. The van der Waals surface area contributed by atoms with Crippen LogP contribution in [0, 0.1) is 19.7 Å². The molecule has 1 unspecified atom stereocenters. The summed E-state index contributed by atoms with van der Waals surface area (Å²) in [7, 11) is 0. The van der Waals surface area contributed by atoms with Crippen molar-refractivity contribution in [1.29, 1.82) is 0 Å². The maximum absolute atomic E-state index is 13.1. The molecule has 1 aromatic heterocycles. The van der Waals surface area contributed by atoms with E-state index in [4.69, 9.17) is 5.73 Å². The molecule has 0 aliphatic rings. The van der Waals surface area contributed by atoms with Gasteiger partial charge in [0.1, 0.15) is 5.82 Å². The molecule has 1 heterocycles. The number of hydrogen-bond acceptors (Lipinski definition) is 3. The van der Waals surface area contributed by atoms with Gasteiger partial charge in [-0.3, -0.25) is 4.57 Å². The van der Waals surface area contributed by atoms with E-state index in [-0.39, 0.29) is 18.1 Å². The van der Waals surface area contributed by atoms with E-state index in [1.54, 1.807) is 19.1 Å². The molecule has 5 heteroatoms. The van der Waals surface area contributed by atoms with Gasteiger partial charge in [0.25, 0.3) is 0 Å². The molecule has 19 heavy (non-hydrogen) atoms. The van der Waals surface area contributed by atoms with Crippen molar-refractivity contribution < 1.29 is 4.39 Å². The SMILES string of the molecule is Cc1cc(C)n(CC(N)c2cccc(F)c2)c(=O)n1. The zero-order valence-corrected chi connectivity index (χ0v) is 10.9. The molecule has 2 aromatic rings.